The maximum absolute atomic E-state index is 13.1. The number of benzene rings is 2. The normalized spacial score (nSPS) is 10.8. The largest absolute Gasteiger partial charge is 0.390 e. The molecule has 0 saturated heterocycles. The minimum Gasteiger partial charge on any atom is -0.390 e. The van der Waals surface area contributed by atoms with Crippen LogP contribution in [0.25, 0.3) is 16.9 Å². The van der Waals surface area contributed by atoms with Crippen molar-refractivity contribution in [2.24, 2.45) is 0 Å². The Morgan fingerprint density at radius 3 is 2.48 bits per heavy atom. The van der Waals surface area contributed by atoms with Gasteiger partial charge in [-0.25, -0.2) is 9.07 Å². The monoisotopic (exact) mass is 283 g/mol. The molecule has 3 rings (SSSR count). The van der Waals surface area contributed by atoms with Crippen molar-refractivity contribution >= 4 is 0 Å². The summed E-state index contributed by atoms with van der Waals surface area (Å²) in [6.07, 6.45) is 0. The molecule has 0 bridgehead atoms. The first-order valence-electron chi connectivity index (χ1n) is 6.58. The van der Waals surface area contributed by atoms with Gasteiger partial charge in [-0.15, -0.1) is 5.10 Å². The number of hydrogen-bond acceptors (Lipinski definition) is 3. The molecule has 0 aliphatic carbocycles. The Balaban J connectivity index is 2.22. The van der Waals surface area contributed by atoms with Crippen molar-refractivity contribution in [1.82, 2.24) is 15.0 Å². The molecular weight excluding hydrogens is 269 g/mol. The zero-order chi connectivity index (χ0) is 14.8. The average Bonchev–Trinajstić information content (AvgIpc) is 2.92. The number of rotatable bonds is 3. The fourth-order valence-electron chi connectivity index (χ4n) is 2.29. The third-order valence-electron chi connectivity index (χ3n) is 3.35. The van der Waals surface area contributed by atoms with Crippen molar-refractivity contribution in [3.8, 4) is 16.9 Å². The Morgan fingerprint density at radius 2 is 1.81 bits per heavy atom. The van der Waals surface area contributed by atoms with E-state index >= 15 is 0 Å². The van der Waals surface area contributed by atoms with Crippen LogP contribution in [0.3, 0.4) is 0 Å². The van der Waals surface area contributed by atoms with Gasteiger partial charge in [0.2, 0.25) is 0 Å². The van der Waals surface area contributed by atoms with Gasteiger partial charge in [0.05, 0.1) is 12.3 Å². The van der Waals surface area contributed by atoms with E-state index in [1.54, 1.807) is 16.8 Å². The molecule has 4 nitrogen and oxygen atoms in total. The minimum absolute atomic E-state index is 0.224. The number of aliphatic hydroxyl groups is 1. The van der Waals surface area contributed by atoms with Crippen LogP contribution in [0.4, 0.5) is 4.39 Å². The molecule has 2 aromatic carbocycles. The fourth-order valence-corrected chi connectivity index (χ4v) is 2.29. The molecule has 0 aliphatic heterocycles. The molecule has 0 unspecified atom stereocenters. The van der Waals surface area contributed by atoms with Crippen LogP contribution < -0.4 is 0 Å². The van der Waals surface area contributed by atoms with Gasteiger partial charge in [-0.3, -0.25) is 0 Å². The molecule has 1 aromatic heterocycles. The molecule has 0 saturated carbocycles. The van der Waals surface area contributed by atoms with Crippen LogP contribution in [-0.2, 0) is 6.61 Å². The van der Waals surface area contributed by atoms with Crippen molar-refractivity contribution in [3.05, 3.63) is 65.6 Å². The number of para-hydroxylation sites is 1. The van der Waals surface area contributed by atoms with Crippen LogP contribution in [-0.4, -0.2) is 20.1 Å². The standard InChI is InChI=1S/C16H14FN3O/c1-11-4-2-3-5-15(11)20-16(14(10-21)18-19-20)12-6-8-13(17)9-7-12/h2-9,21H,10H2,1H3. The second kappa shape index (κ2) is 5.46. The van der Waals surface area contributed by atoms with Crippen molar-refractivity contribution in [1.29, 1.82) is 0 Å². The van der Waals surface area contributed by atoms with Crippen LogP contribution in [0.2, 0.25) is 0 Å². The van der Waals surface area contributed by atoms with Gasteiger partial charge >= 0.3 is 0 Å². The molecule has 0 amide bonds. The number of aliphatic hydroxyl groups excluding tert-OH is 1. The fraction of sp³-hybridized carbons (Fsp3) is 0.125. The molecule has 1 N–H and O–H groups in total. The highest BCUT2D eigenvalue weighted by Gasteiger charge is 2.16. The summed E-state index contributed by atoms with van der Waals surface area (Å²) in [5.74, 6) is -0.306. The Hall–Kier alpha value is -2.53. The molecule has 0 atom stereocenters. The third kappa shape index (κ3) is 2.43. The second-order valence-electron chi connectivity index (χ2n) is 4.75. The highest BCUT2D eigenvalue weighted by molar-refractivity contribution is 5.64. The lowest BCUT2D eigenvalue weighted by molar-refractivity contribution is 0.277. The van der Waals surface area contributed by atoms with E-state index in [1.165, 1.54) is 12.1 Å². The van der Waals surface area contributed by atoms with E-state index in [0.29, 0.717) is 11.4 Å². The summed E-state index contributed by atoms with van der Waals surface area (Å²) < 4.78 is 14.8. The highest BCUT2D eigenvalue weighted by atomic mass is 19.1. The van der Waals surface area contributed by atoms with Crippen molar-refractivity contribution in [2.45, 2.75) is 13.5 Å². The Morgan fingerprint density at radius 1 is 1.10 bits per heavy atom. The topological polar surface area (TPSA) is 50.9 Å². The van der Waals surface area contributed by atoms with E-state index in [9.17, 15) is 9.50 Å². The van der Waals surface area contributed by atoms with E-state index in [-0.39, 0.29) is 12.4 Å². The first-order chi connectivity index (χ1) is 10.2. The highest BCUT2D eigenvalue weighted by Crippen LogP contribution is 2.26. The maximum Gasteiger partial charge on any atom is 0.123 e. The Bertz CT molecular complexity index is 765. The Labute approximate surface area is 121 Å². The number of aryl methyl sites for hydroxylation is 1. The van der Waals surface area contributed by atoms with Gasteiger partial charge in [-0.05, 0) is 42.8 Å². The van der Waals surface area contributed by atoms with Gasteiger partial charge in [-0.1, -0.05) is 23.4 Å². The molecule has 21 heavy (non-hydrogen) atoms. The van der Waals surface area contributed by atoms with Crippen molar-refractivity contribution in [3.63, 3.8) is 0 Å². The summed E-state index contributed by atoms with van der Waals surface area (Å²) in [4.78, 5) is 0. The first kappa shape index (κ1) is 13.5. The quantitative estimate of drug-likeness (QED) is 0.804. The van der Waals surface area contributed by atoms with E-state index in [0.717, 1.165) is 16.8 Å². The molecule has 0 spiro atoms. The lowest BCUT2D eigenvalue weighted by atomic mass is 10.1. The molecular formula is C16H14FN3O. The lowest BCUT2D eigenvalue weighted by Crippen LogP contribution is -2.02. The van der Waals surface area contributed by atoms with Crippen LogP contribution in [0, 0.1) is 12.7 Å². The molecule has 0 fully saturated rings. The summed E-state index contributed by atoms with van der Waals surface area (Å²) in [6, 6.07) is 13.8. The number of aromatic nitrogens is 3. The zero-order valence-electron chi connectivity index (χ0n) is 11.5. The van der Waals surface area contributed by atoms with Gasteiger partial charge in [0.15, 0.2) is 0 Å². The van der Waals surface area contributed by atoms with Crippen LogP contribution >= 0.6 is 0 Å². The maximum atomic E-state index is 13.1. The summed E-state index contributed by atoms with van der Waals surface area (Å²) in [7, 11) is 0. The molecule has 0 radical (unpaired) electrons. The van der Waals surface area contributed by atoms with Crippen LogP contribution in [0.15, 0.2) is 48.5 Å². The molecule has 1 heterocycles. The van der Waals surface area contributed by atoms with Gasteiger partial charge in [0.25, 0.3) is 0 Å². The zero-order valence-corrected chi connectivity index (χ0v) is 11.5. The van der Waals surface area contributed by atoms with Crippen molar-refractivity contribution in [2.75, 3.05) is 0 Å². The third-order valence-corrected chi connectivity index (χ3v) is 3.35. The van der Waals surface area contributed by atoms with E-state index in [4.69, 9.17) is 0 Å². The van der Waals surface area contributed by atoms with E-state index < -0.39 is 0 Å². The number of halogens is 1. The van der Waals surface area contributed by atoms with Gasteiger partial charge in [0.1, 0.15) is 17.2 Å². The number of hydrogen-bond donors (Lipinski definition) is 1. The average molecular weight is 283 g/mol. The van der Waals surface area contributed by atoms with Crippen molar-refractivity contribution < 1.29 is 9.50 Å². The molecule has 106 valence electrons. The Kier molecular flexibility index (Phi) is 3.50. The minimum atomic E-state index is -0.306. The van der Waals surface area contributed by atoms with Gasteiger partial charge in [0, 0.05) is 5.56 Å². The predicted molar refractivity (Wildman–Crippen MR) is 77.4 cm³/mol. The summed E-state index contributed by atoms with van der Waals surface area (Å²) in [5, 5.41) is 17.6. The molecule has 3 aromatic rings. The number of nitrogens with zero attached hydrogens (tertiary/aromatic N) is 3. The van der Waals surface area contributed by atoms with Crippen LogP contribution in [0.5, 0.6) is 0 Å². The molecule has 0 aliphatic rings. The van der Waals surface area contributed by atoms with Gasteiger partial charge < -0.3 is 5.11 Å². The molecule has 5 heteroatoms. The smallest absolute Gasteiger partial charge is 0.123 e. The summed E-state index contributed by atoms with van der Waals surface area (Å²) in [5.41, 5.74) is 3.81. The summed E-state index contributed by atoms with van der Waals surface area (Å²) >= 11 is 0. The van der Waals surface area contributed by atoms with Crippen LogP contribution in [0.1, 0.15) is 11.3 Å². The SMILES string of the molecule is Cc1ccccc1-n1nnc(CO)c1-c1ccc(F)cc1. The van der Waals surface area contributed by atoms with E-state index in [1.807, 2.05) is 31.2 Å². The van der Waals surface area contributed by atoms with Gasteiger partial charge in [-0.2, -0.15) is 0 Å². The van der Waals surface area contributed by atoms with E-state index in [2.05, 4.69) is 10.3 Å². The lowest BCUT2D eigenvalue weighted by Gasteiger charge is -2.10. The first-order valence-corrected chi connectivity index (χ1v) is 6.58. The predicted octanol–water partition coefficient (Wildman–Crippen LogP) is 2.87. The summed E-state index contributed by atoms with van der Waals surface area (Å²) in [6.45, 7) is 1.75. The second-order valence-corrected chi connectivity index (χ2v) is 4.75.